The third-order valence-electron chi connectivity index (χ3n) is 1.76. The van der Waals surface area contributed by atoms with Crippen LogP contribution in [0.1, 0.15) is 0 Å². The van der Waals surface area contributed by atoms with E-state index in [1.165, 1.54) is 12.2 Å². The maximum absolute atomic E-state index is 11.7. The van der Waals surface area contributed by atoms with Crippen LogP contribution in [0, 0.1) is 0 Å². The molecule has 1 rings (SSSR count). The van der Waals surface area contributed by atoms with Gasteiger partial charge in [-0.25, -0.2) is 4.21 Å². The molecule has 0 aliphatic rings. The van der Waals surface area contributed by atoms with Gasteiger partial charge in [0.2, 0.25) is 11.1 Å². The minimum absolute atomic E-state index is 0.520. The van der Waals surface area contributed by atoms with Crippen molar-refractivity contribution in [3.8, 4) is 11.5 Å². The van der Waals surface area contributed by atoms with Gasteiger partial charge in [-0.15, -0.1) is 0 Å². The van der Waals surface area contributed by atoms with Gasteiger partial charge in [-0.05, 0) is 12.1 Å². The molecule has 0 radical (unpaired) electrons. The average Bonchev–Trinajstić information content (AvgIpc) is 2.27. The number of hydrogen-bond donors (Lipinski definition) is 0. The van der Waals surface area contributed by atoms with E-state index in [2.05, 4.69) is 0 Å². The van der Waals surface area contributed by atoms with Crippen LogP contribution in [0.4, 0.5) is 0 Å². The second-order valence-corrected chi connectivity index (χ2v) is 4.23. The summed E-state index contributed by atoms with van der Waals surface area (Å²) in [5.41, 5.74) is 0. The molecule has 1 aromatic rings. The third kappa shape index (κ3) is 3.19. The summed E-state index contributed by atoms with van der Waals surface area (Å²) in [5, 5.41) is 1.38. The van der Waals surface area contributed by atoms with E-state index >= 15 is 0 Å². The third-order valence-corrected chi connectivity index (χ3v) is 2.84. The number of methoxy groups -OCH3 is 2. The standard InChI is InChI=1S/C10H15NO4S/c1-11(2)15-16(12)8-5-6-9(13-3)10(7-8)14-4/h5-7H,1-4H3. The topological polar surface area (TPSA) is 48.0 Å². The zero-order valence-electron chi connectivity index (χ0n) is 9.72. The predicted molar refractivity (Wildman–Crippen MR) is 60.7 cm³/mol. The van der Waals surface area contributed by atoms with Crippen molar-refractivity contribution >= 4 is 11.1 Å². The van der Waals surface area contributed by atoms with Crippen molar-refractivity contribution in [2.45, 2.75) is 4.90 Å². The molecule has 0 N–H and O–H groups in total. The Hall–Kier alpha value is -1.11. The van der Waals surface area contributed by atoms with Gasteiger partial charge in [-0.2, -0.15) is 9.35 Å². The molecule has 0 aliphatic carbocycles. The molecule has 0 heterocycles. The molecule has 1 atom stereocenters. The monoisotopic (exact) mass is 245 g/mol. The molecule has 1 unspecified atom stereocenters. The van der Waals surface area contributed by atoms with Crippen molar-refractivity contribution in [1.29, 1.82) is 0 Å². The van der Waals surface area contributed by atoms with Gasteiger partial charge >= 0.3 is 0 Å². The Kier molecular flexibility index (Phi) is 4.72. The van der Waals surface area contributed by atoms with E-state index < -0.39 is 11.1 Å². The summed E-state index contributed by atoms with van der Waals surface area (Å²) < 4.78 is 26.9. The first-order valence-corrected chi connectivity index (χ1v) is 5.65. The Morgan fingerprint density at radius 3 is 2.25 bits per heavy atom. The minimum atomic E-state index is -1.55. The Morgan fingerprint density at radius 2 is 1.75 bits per heavy atom. The first kappa shape index (κ1) is 13.0. The lowest BCUT2D eigenvalue weighted by Gasteiger charge is -2.11. The molecule has 0 aliphatic heterocycles. The smallest absolute Gasteiger partial charge is 0.206 e. The summed E-state index contributed by atoms with van der Waals surface area (Å²) in [6, 6.07) is 4.98. The summed E-state index contributed by atoms with van der Waals surface area (Å²) >= 11 is -1.55. The fraction of sp³-hybridized carbons (Fsp3) is 0.400. The van der Waals surface area contributed by atoms with Crippen LogP contribution in [0.3, 0.4) is 0 Å². The first-order valence-electron chi connectivity index (χ1n) is 4.58. The molecule has 0 amide bonds. The Bertz CT molecular complexity index is 381. The van der Waals surface area contributed by atoms with E-state index in [1.54, 1.807) is 39.4 Å². The van der Waals surface area contributed by atoms with Crippen LogP contribution >= 0.6 is 0 Å². The molecular weight excluding hydrogens is 230 g/mol. The molecule has 5 nitrogen and oxygen atoms in total. The van der Waals surface area contributed by atoms with Crippen LogP contribution in [0.2, 0.25) is 0 Å². The van der Waals surface area contributed by atoms with Gasteiger partial charge in [-0.3, -0.25) is 0 Å². The van der Waals surface area contributed by atoms with Crippen LogP contribution in [-0.2, 0) is 15.4 Å². The molecule has 1 aromatic carbocycles. The number of ether oxygens (including phenoxy) is 2. The quantitative estimate of drug-likeness (QED) is 0.730. The van der Waals surface area contributed by atoms with Crippen molar-refractivity contribution in [2.24, 2.45) is 0 Å². The summed E-state index contributed by atoms with van der Waals surface area (Å²) in [7, 11) is 6.40. The van der Waals surface area contributed by atoms with Crippen LogP contribution in [-0.4, -0.2) is 37.6 Å². The van der Waals surface area contributed by atoms with Gasteiger partial charge in [0.1, 0.15) is 0 Å². The van der Waals surface area contributed by atoms with Crippen molar-refractivity contribution in [3.63, 3.8) is 0 Å². The number of nitrogens with zero attached hydrogens (tertiary/aromatic N) is 1. The van der Waals surface area contributed by atoms with Gasteiger partial charge < -0.3 is 9.47 Å². The van der Waals surface area contributed by atoms with Crippen LogP contribution < -0.4 is 9.47 Å². The van der Waals surface area contributed by atoms with E-state index in [4.69, 9.17) is 13.8 Å². The normalized spacial score (nSPS) is 12.6. The molecular formula is C10H15NO4S. The first-order chi connectivity index (χ1) is 7.58. The Labute approximate surface area is 97.5 Å². The van der Waals surface area contributed by atoms with Gasteiger partial charge in [-0.1, -0.05) is 0 Å². The second kappa shape index (κ2) is 5.83. The summed E-state index contributed by atoms with van der Waals surface area (Å²) in [5.74, 6) is 1.11. The van der Waals surface area contributed by atoms with Crippen LogP contribution in [0.15, 0.2) is 23.1 Å². The van der Waals surface area contributed by atoms with Crippen molar-refractivity contribution in [1.82, 2.24) is 5.06 Å². The van der Waals surface area contributed by atoms with Crippen molar-refractivity contribution in [2.75, 3.05) is 28.3 Å². The fourth-order valence-electron chi connectivity index (χ4n) is 1.10. The Balaban J connectivity index is 2.94. The second-order valence-electron chi connectivity index (χ2n) is 3.14. The summed E-state index contributed by atoms with van der Waals surface area (Å²) in [6.07, 6.45) is 0. The zero-order valence-corrected chi connectivity index (χ0v) is 10.5. The number of hydrogen-bond acceptors (Lipinski definition) is 5. The SMILES string of the molecule is COc1ccc(S(=O)ON(C)C)cc1OC. The highest BCUT2D eigenvalue weighted by atomic mass is 32.2. The van der Waals surface area contributed by atoms with Gasteiger partial charge in [0.05, 0.1) is 19.1 Å². The highest BCUT2D eigenvalue weighted by Gasteiger charge is 2.11. The van der Waals surface area contributed by atoms with E-state index in [9.17, 15) is 4.21 Å². The number of hydroxylamine groups is 2. The highest BCUT2D eigenvalue weighted by Crippen LogP contribution is 2.28. The van der Waals surface area contributed by atoms with Crippen molar-refractivity contribution in [3.05, 3.63) is 18.2 Å². The molecule has 0 saturated heterocycles. The Morgan fingerprint density at radius 1 is 1.12 bits per heavy atom. The fourth-order valence-corrected chi connectivity index (χ4v) is 1.84. The lowest BCUT2D eigenvalue weighted by atomic mass is 10.3. The summed E-state index contributed by atoms with van der Waals surface area (Å²) in [4.78, 5) is 0.520. The zero-order chi connectivity index (χ0) is 12.1. The molecule has 16 heavy (non-hydrogen) atoms. The summed E-state index contributed by atoms with van der Waals surface area (Å²) in [6.45, 7) is 0. The molecule has 6 heteroatoms. The van der Waals surface area contributed by atoms with E-state index in [0.29, 0.717) is 16.4 Å². The van der Waals surface area contributed by atoms with Crippen molar-refractivity contribution < 1.29 is 18.0 Å². The predicted octanol–water partition coefficient (Wildman–Crippen LogP) is 1.22. The lowest BCUT2D eigenvalue weighted by Crippen LogP contribution is -2.14. The van der Waals surface area contributed by atoms with Gasteiger partial charge in [0, 0.05) is 20.2 Å². The van der Waals surface area contributed by atoms with Crippen LogP contribution in [0.25, 0.3) is 0 Å². The molecule has 0 fully saturated rings. The highest BCUT2D eigenvalue weighted by molar-refractivity contribution is 7.80. The van der Waals surface area contributed by atoms with E-state index in [0.717, 1.165) is 0 Å². The molecule has 0 bridgehead atoms. The van der Waals surface area contributed by atoms with E-state index in [-0.39, 0.29) is 0 Å². The largest absolute Gasteiger partial charge is 0.493 e. The van der Waals surface area contributed by atoms with Gasteiger partial charge in [0.25, 0.3) is 0 Å². The maximum atomic E-state index is 11.7. The van der Waals surface area contributed by atoms with E-state index in [1.807, 2.05) is 0 Å². The maximum Gasteiger partial charge on any atom is 0.206 e. The number of rotatable bonds is 5. The lowest BCUT2D eigenvalue weighted by molar-refractivity contribution is 0.0137. The molecule has 0 aromatic heterocycles. The van der Waals surface area contributed by atoms with Crippen LogP contribution in [0.5, 0.6) is 11.5 Å². The molecule has 90 valence electrons. The van der Waals surface area contributed by atoms with Gasteiger partial charge in [0.15, 0.2) is 11.5 Å². The molecule has 0 saturated carbocycles. The number of benzene rings is 1. The minimum Gasteiger partial charge on any atom is -0.493 e. The molecule has 0 spiro atoms. The average molecular weight is 245 g/mol.